The van der Waals surface area contributed by atoms with Gasteiger partial charge in [-0.2, -0.15) is 0 Å². The van der Waals surface area contributed by atoms with Crippen molar-refractivity contribution < 1.29 is 9.47 Å². The molecule has 21 heavy (non-hydrogen) atoms. The number of benzene rings is 2. The van der Waals surface area contributed by atoms with E-state index in [9.17, 15) is 0 Å². The van der Waals surface area contributed by atoms with Crippen LogP contribution in [0.4, 0.5) is 0 Å². The summed E-state index contributed by atoms with van der Waals surface area (Å²) in [5.41, 5.74) is 3.39. The molecule has 0 spiro atoms. The molecule has 0 aliphatic heterocycles. The van der Waals surface area contributed by atoms with Gasteiger partial charge in [-0.05, 0) is 66.2 Å². The Labute approximate surface area is 124 Å². The molecule has 0 unspecified atom stereocenters. The fourth-order valence-corrected chi connectivity index (χ4v) is 2.35. The minimum Gasteiger partial charge on any atom is -0.497 e. The zero-order chi connectivity index (χ0) is 14.7. The van der Waals surface area contributed by atoms with E-state index in [1.165, 1.54) is 0 Å². The molecule has 3 heteroatoms. The minimum atomic E-state index is 0.858. The summed E-state index contributed by atoms with van der Waals surface area (Å²) in [6, 6.07) is 20.2. The van der Waals surface area contributed by atoms with Crippen LogP contribution in [0.5, 0.6) is 11.5 Å². The summed E-state index contributed by atoms with van der Waals surface area (Å²) in [6.07, 6.45) is 2.06. The second-order valence-electron chi connectivity index (χ2n) is 4.69. The maximum atomic E-state index is 5.21. The highest BCUT2D eigenvalue weighted by atomic mass is 16.5. The van der Waals surface area contributed by atoms with Crippen LogP contribution >= 0.6 is 0 Å². The van der Waals surface area contributed by atoms with Crippen molar-refractivity contribution in [3.05, 3.63) is 66.9 Å². The van der Waals surface area contributed by atoms with Crippen LogP contribution in [0.2, 0.25) is 0 Å². The molecule has 2 aromatic carbocycles. The first-order valence-electron chi connectivity index (χ1n) is 6.78. The van der Waals surface area contributed by atoms with Gasteiger partial charge in [0, 0.05) is 11.9 Å². The molecule has 0 aliphatic rings. The molecular weight excluding hydrogens is 262 g/mol. The zero-order valence-corrected chi connectivity index (χ0v) is 12.1. The van der Waals surface area contributed by atoms with Crippen molar-refractivity contribution in [2.45, 2.75) is 0 Å². The molecule has 0 radical (unpaired) electrons. The lowest BCUT2D eigenvalue weighted by Crippen LogP contribution is -1.95. The van der Waals surface area contributed by atoms with E-state index in [1.54, 1.807) is 14.2 Å². The number of aromatic nitrogens is 1. The maximum absolute atomic E-state index is 5.21. The maximum Gasteiger partial charge on any atom is 0.119 e. The quantitative estimate of drug-likeness (QED) is 0.716. The van der Waals surface area contributed by atoms with Crippen LogP contribution in [0.3, 0.4) is 0 Å². The van der Waals surface area contributed by atoms with Crippen LogP contribution in [-0.4, -0.2) is 18.8 Å². The monoisotopic (exact) mass is 279 g/mol. The molecule has 106 valence electrons. The smallest absolute Gasteiger partial charge is 0.119 e. The first-order chi connectivity index (χ1) is 10.3. The van der Waals surface area contributed by atoms with Crippen molar-refractivity contribution in [1.82, 2.24) is 4.57 Å². The first kappa shape index (κ1) is 13.3. The number of rotatable bonds is 4. The Bertz CT molecular complexity index is 650. The topological polar surface area (TPSA) is 23.4 Å². The lowest BCUT2D eigenvalue weighted by Gasteiger charge is -2.11. The summed E-state index contributed by atoms with van der Waals surface area (Å²) in [5, 5.41) is 0. The Morgan fingerprint density at radius 1 is 0.714 bits per heavy atom. The van der Waals surface area contributed by atoms with Gasteiger partial charge < -0.3 is 14.0 Å². The second kappa shape index (κ2) is 5.75. The average Bonchev–Trinajstić information content (AvgIpc) is 3.04. The van der Waals surface area contributed by atoms with Crippen molar-refractivity contribution in [3.63, 3.8) is 0 Å². The van der Waals surface area contributed by atoms with E-state index in [1.807, 2.05) is 42.5 Å². The molecule has 1 heterocycles. The molecule has 0 atom stereocenters. The average molecular weight is 279 g/mol. The highest BCUT2D eigenvalue weighted by Gasteiger charge is 2.06. The highest BCUT2D eigenvalue weighted by Crippen LogP contribution is 2.26. The summed E-state index contributed by atoms with van der Waals surface area (Å²) in [6.45, 7) is 0. The van der Waals surface area contributed by atoms with E-state index >= 15 is 0 Å². The Morgan fingerprint density at radius 2 is 1.29 bits per heavy atom. The molecule has 0 saturated heterocycles. The summed E-state index contributed by atoms with van der Waals surface area (Å²) in [7, 11) is 3.35. The van der Waals surface area contributed by atoms with Crippen LogP contribution in [0.1, 0.15) is 0 Å². The van der Waals surface area contributed by atoms with Gasteiger partial charge in [-0.25, -0.2) is 0 Å². The van der Waals surface area contributed by atoms with E-state index in [2.05, 4.69) is 29.0 Å². The number of hydrogen-bond donors (Lipinski definition) is 0. The molecule has 0 amide bonds. The van der Waals surface area contributed by atoms with Crippen molar-refractivity contribution in [3.8, 4) is 28.4 Å². The molecule has 0 aliphatic carbocycles. The normalized spacial score (nSPS) is 10.4. The molecule has 1 aromatic heterocycles. The Morgan fingerprint density at radius 3 is 1.86 bits per heavy atom. The molecule has 3 nitrogen and oxygen atoms in total. The predicted octanol–water partition coefficient (Wildman–Crippen LogP) is 4.16. The van der Waals surface area contributed by atoms with Gasteiger partial charge in [0.25, 0.3) is 0 Å². The molecule has 3 rings (SSSR count). The van der Waals surface area contributed by atoms with Crippen LogP contribution < -0.4 is 9.47 Å². The van der Waals surface area contributed by atoms with Crippen molar-refractivity contribution in [2.24, 2.45) is 0 Å². The largest absolute Gasteiger partial charge is 0.497 e. The zero-order valence-electron chi connectivity index (χ0n) is 12.1. The predicted molar refractivity (Wildman–Crippen MR) is 84.3 cm³/mol. The third kappa shape index (κ3) is 2.63. The fraction of sp³-hybridized carbons (Fsp3) is 0.111. The van der Waals surface area contributed by atoms with E-state index in [-0.39, 0.29) is 0 Å². The second-order valence-corrected chi connectivity index (χ2v) is 4.69. The van der Waals surface area contributed by atoms with Crippen molar-refractivity contribution in [2.75, 3.05) is 14.2 Å². The van der Waals surface area contributed by atoms with Crippen LogP contribution in [0, 0.1) is 0 Å². The third-order valence-electron chi connectivity index (χ3n) is 3.49. The summed E-state index contributed by atoms with van der Waals surface area (Å²) in [4.78, 5) is 0. The minimum absolute atomic E-state index is 0.858. The van der Waals surface area contributed by atoms with Gasteiger partial charge in [0.05, 0.1) is 19.9 Å². The molecule has 3 aromatic rings. The first-order valence-corrected chi connectivity index (χ1v) is 6.78. The lowest BCUT2D eigenvalue weighted by molar-refractivity contribution is 0.414. The Balaban J connectivity index is 1.99. The standard InChI is InChI=1S/C18H17NO2/c1-20-16-9-5-14(6-10-16)18-4-3-13-19(18)15-7-11-17(21-2)12-8-15/h3-13H,1-2H3. The molecule has 0 N–H and O–H groups in total. The third-order valence-corrected chi connectivity index (χ3v) is 3.49. The van der Waals surface area contributed by atoms with Gasteiger partial charge in [0.2, 0.25) is 0 Å². The number of methoxy groups -OCH3 is 2. The lowest BCUT2D eigenvalue weighted by atomic mass is 10.1. The van der Waals surface area contributed by atoms with Crippen molar-refractivity contribution >= 4 is 0 Å². The summed E-state index contributed by atoms with van der Waals surface area (Å²) < 4.78 is 12.6. The molecule has 0 bridgehead atoms. The van der Waals surface area contributed by atoms with Gasteiger partial charge in [-0.15, -0.1) is 0 Å². The molecule has 0 saturated carbocycles. The Hall–Kier alpha value is -2.68. The molecular formula is C18H17NO2. The Kier molecular flexibility index (Phi) is 3.65. The van der Waals surface area contributed by atoms with Crippen LogP contribution in [-0.2, 0) is 0 Å². The van der Waals surface area contributed by atoms with Gasteiger partial charge >= 0.3 is 0 Å². The van der Waals surface area contributed by atoms with Gasteiger partial charge in [-0.3, -0.25) is 0 Å². The fourth-order valence-electron chi connectivity index (χ4n) is 2.35. The van der Waals surface area contributed by atoms with Gasteiger partial charge in [0.1, 0.15) is 11.5 Å². The number of hydrogen-bond acceptors (Lipinski definition) is 2. The molecule has 0 fully saturated rings. The van der Waals surface area contributed by atoms with E-state index in [0.29, 0.717) is 0 Å². The SMILES string of the molecule is COc1ccc(-c2cccn2-c2ccc(OC)cc2)cc1. The number of nitrogens with zero attached hydrogens (tertiary/aromatic N) is 1. The van der Waals surface area contributed by atoms with Gasteiger partial charge in [-0.1, -0.05) is 0 Å². The summed E-state index contributed by atoms with van der Waals surface area (Å²) in [5.74, 6) is 1.72. The highest BCUT2D eigenvalue weighted by molar-refractivity contribution is 5.64. The van der Waals surface area contributed by atoms with Crippen molar-refractivity contribution in [1.29, 1.82) is 0 Å². The van der Waals surface area contributed by atoms with E-state index < -0.39 is 0 Å². The van der Waals surface area contributed by atoms with Gasteiger partial charge in [0.15, 0.2) is 0 Å². The summed E-state index contributed by atoms with van der Waals surface area (Å²) >= 11 is 0. The van der Waals surface area contributed by atoms with E-state index in [0.717, 1.165) is 28.4 Å². The van der Waals surface area contributed by atoms with E-state index in [4.69, 9.17) is 9.47 Å². The van der Waals surface area contributed by atoms with Crippen LogP contribution in [0.15, 0.2) is 66.9 Å². The van der Waals surface area contributed by atoms with Crippen LogP contribution in [0.25, 0.3) is 16.9 Å². The number of ether oxygens (including phenoxy) is 2.